The van der Waals surface area contributed by atoms with Gasteiger partial charge in [0.05, 0.1) is 22.6 Å². The van der Waals surface area contributed by atoms with Crippen molar-refractivity contribution < 1.29 is 26.8 Å². The number of nitrogens with one attached hydrogen (secondary N) is 2. The number of carbonyl (C=O) groups excluding carboxylic acids is 1. The van der Waals surface area contributed by atoms with Gasteiger partial charge in [-0.3, -0.25) is 10.2 Å². The molecule has 166 valence electrons. The summed E-state index contributed by atoms with van der Waals surface area (Å²) < 4.78 is 58.6. The number of hydrazone groups is 1. The van der Waals surface area contributed by atoms with Crippen molar-refractivity contribution in [3.8, 4) is 0 Å². The van der Waals surface area contributed by atoms with E-state index in [1.54, 1.807) is 19.1 Å². The number of halogens is 4. The van der Waals surface area contributed by atoms with Crippen LogP contribution in [0.25, 0.3) is 0 Å². The second-order valence-corrected chi connectivity index (χ2v) is 7.38. The van der Waals surface area contributed by atoms with Crippen molar-refractivity contribution in [3.05, 3.63) is 82.6 Å². The maximum absolute atomic E-state index is 13.2. The van der Waals surface area contributed by atoms with Gasteiger partial charge in [-0.1, -0.05) is 12.1 Å². The van der Waals surface area contributed by atoms with Gasteiger partial charge in [0.2, 0.25) is 0 Å². The summed E-state index contributed by atoms with van der Waals surface area (Å²) in [4.78, 5) is 12.8. The second-order valence-electron chi connectivity index (χ2n) is 7.38. The van der Waals surface area contributed by atoms with Gasteiger partial charge in [0.15, 0.2) is 5.76 Å². The molecule has 2 N–H and O–H groups in total. The molecular formula is C23H19F4N3O2. The first-order valence-electron chi connectivity index (χ1n) is 9.92. The lowest BCUT2D eigenvalue weighted by atomic mass is 9.93. The van der Waals surface area contributed by atoms with Gasteiger partial charge in [-0.05, 0) is 56.2 Å². The first kappa shape index (κ1) is 21.6. The summed E-state index contributed by atoms with van der Waals surface area (Å²) in [5.74, 6) is -0.623. The molecule has 9 heteroatoms. The van der Waals surface area contributed by atoms with Gasteiger partial charge in [-0.2, -0.15) is 18.3 Å². The molecule has 0 unspecified atom stereocenters. The maximum Gasteiger partial charge on any atom is 0.418 e. The lowest BCUT2D eigenvalue weighted by molar-refractivity contribution is -0.136. The van der Waals surface area contributed by atoms with Crippen molar-refractivity contribution in [2.45, 2.75) is 32.4 Å². The van der Waals surface area contributed by atoms with Gasteiger partial charge in [0.25, 0.3) is 5.91 Å². The number of hydrogen-bond acceptors (Lipinski definition) is 4. The lowest BCUT2D eigenvalue weighted by Crippen LogP contribution is -2.17. The van der Waals surface area contributed by atoms with Crippen molar-refractivity contribution in [1.82, 2.24) is 0 Å². The van der Waals surface area contributed by atoms with Gasteiger partial charge in [-0.15, -0.1) is 0 Å². The van der Waals surface area contributed by atoms with Crippen molar-refractivity contribution >= 4 is 23.0 Å². The van der Waals surface area contributed by atoms with Crippen LogP contribution >= 0.6 is 0 Å². The quantitative estimate of drug-likeness (QED) is 0.374. The number of anilines is 2. The monoisotopic (exact) mass is 445 g/mol. The number of fused-ring (bicyclic) bond motifs is 1. The Morgan fingerprint density at radius 1 is 1.06 bits per heavy atom. The first-order valence-corrected chi connectivity index (χ1v) is 9.92. The van der Waals surface area contributed by atoms with Crippen molar-refractivity contribution in [3.63, 3.8) is 0 Å². The van der Waals surface area contributed by atoms with Crippen LogP contribution in [0.2, 0.25) is 0 Å². The van der Waals surface area contributed by atoms with Gasteiger partial charge in [0, 0.05) is 17.5 Å². The molecule has 2 aromatic carbocycles. The summed E-state index contributed by atoms with van der Waals surface area (Å²) in [5.41, 5.74) is 4.01. The summed E-state index contributed by atoms with van der Waals surface area (Å²) >= 11 is 0. The highest BCUT2D eigenvalue weighted by atomic mass is 19.4. The van der Waals surface area contributed by atoms with E-state index in [0.717, 1.165) is 12.5 Å². The number of hydrogen-bond donors (Lipinski definition) is 2. The fraction of sp³-hybridized carbons (Fsp3) is 0.217. The number of rotatable bonds is 4. The van der Waals surface area contributed by atoms with E-state index in [0.29, 0.717) is 41.1 Å². The topological polar surface area (TPSA) is 66.6 Å². The smallest absolute Gasteiger partial charge is 0.418 e. The number of furan rings is 1. The van der Waals surface area contributed by atoms with Crippen LogP contribution in [0.1, 0.15) is 45.8 Å². The van der Waals surface area contributed by atoms with E-state index in [1.807, 2.05) is 0 Å². The molecule has 0 radical (unpaired) electrons. The molecule has 4 rings (SSSR count). The molecule has 3 aromatic rings. The summed E-state index contributed by atoms with van der Waals surface area (Å²) in [6.45, 7) is 1.67. The number of para-hydroxylation sites is 1. The number of benzene rings is 2. The van der Waals surface area contributed by atoms with Crippen molar-refractivity contribution in [2.24, 2.45) is 5.10 Å². The highest BCUT2D eigenvalue weighted by Gasteiger charge is 2.34. The predicted molar refractivity (Wildman–Crippen MR) is 112 cm³/mol. The first-order chi connectivity index (χ1) is 15.2. The molecule has 0 bridgehead atoms. The predicted octanol–water partition coefficient (Wildman–Crippen LogP) is 6.15. The Bertz CT molecular complexity index is 1180. The van der Waals surface area contributed by atoms with E-state index in [1.165, 1.54) is 30.3 Å². The zero-order chi connectivity index (χ0) is 22.9. The van der Waals surface area contributed by atoms with Crippen LogP contribution in [0.5, 0.6) is 0 Å². The largest absolute Gasteiger partial charge is 0.455 e. The second kappa shape index (κ2) is 8.49. The van der Waals surface area contributed by atoms with Crippen LogP contribution in [0, 0.1) is 12.7 Å². The summed E-state index contributed by atoms with van der Waals surface area (Å²) in [7, 11) is 0. The normalized spacial score (nSPS) is 14.8. The number of aryl methyl sites for hydroxylation is 1. The molecule has 0 fully saturated rings. The maximum atomic E-state index is 13.2. The van der Waals surface area contributed by atoms with Crippen LogP contribution in [0.4, 0.5) is 28.9 Å². The number of amides is 1. The van der Waals surface area contributed by atoms with E-state index >= 15 is 0 Å². The Morgan fingerprint density at radius 3 is 2.50 bits per heavy atom. The molecule has 32 heavy (non-hydrogen) atoms. The molecule has 1 aliphatic carbocycles. The summed E-state index contributed by atoms with van der Waals surface area (Å²) in [6, 6.07) is 10.5. The van der Waals surface area contributed by atoms with Gasteiger partial charge >= 0.3 is 6.18 Å². The Kier molecular flexibility index (Phi) is 5.73. The molecule has 0 saturated heterocycles. The van der Waals surface area contributed by atoms with Gasteiger partial charge < -0.3 is 9.73 Å². The lowest BCUT2D eigenvalue weighted by Gasteiger charge is -2.14. The minimum Gasteiger partial charge on any atom is -0.455 e. The molecule has 0 saturated carbocycles. The van der Waals surface area contributed by atoms with E-state index in [9.17, 15) is 22.4 Å². The SMILES string of the molecule is Cc1c(C(=O)Nc2ccccc2C(F)(F)F)oc2c1/C(=N/Nc1ccc(F)cc1)CCC2. The number of nitrogens with zero attached hydrogens (tertiary/aromatic N) is 1. The minimum atomic E-state index is -4.60. The number of carbonyl (C=O) groups is 1. The zero-order valence-electron chi connectivity index (χ0n) is 17.0. The zero-order valence-corrected chi connectivity index (χ0v) is 17.0. The molecule has 0 aliphatic heterocycles. The Morgan fingerprint density at radius 2 is 1.78 bits per heavy atom. The molecule has 0 spiro atoms. The van der Waals surface area contributed by atoms with E-state index < -0.39 is 17.6 Å². The highest BCUT2D eigenvalue weighted by Crippen LogP contribution is 2.35. The molecule has 1 aromatic heterocycles. The van der Waals surface area contributed by atoms with E-state index in [4.69, 9.17) is 4.42 Å². The van der Waals surface area contributed by atoms with Crippen LogP contribution in [0.3, 0.4) is 0 Å². The molecular weight excluding hydrogens is 426 g/mol. The minimum absolute atomic E-state index is 0.0524. The molecule has 0 atom stereocenters. The van der Waals surface area contributed by atoms with Crippen LogP contribution < -0.4 is 10.7 Å². The Hall–Kier alpha value is -3.62. The molecule has 1 heterocycles. The third-order valence-corrected chi connectivity index (χ3v) is 5.18. The third-order valence-electron chi connectivity index (χ3n) is 5.18. The third kappa shape index (κ3) is 4.37. The van der Waals surface area contributed by atoms with Crippen LogP contribution in [0.15, 0.2) is 58.0 Å². The fourth-order valence-corrected chi connectivity index (χ4v) is 3.67. The number of alkyl halides is 3. The summed E-state index contributed by atoms with van der Waals surface area (Å²) in [6.07, 6.45) is -2.66. The average Bonchev–Trinajstić information content (AvgIpc) is 3.10. The fourth-order valence-electron chi connectivity index (χ4n) is 3.67. The van der Waals surface area contributed by atoms with Crippen LogP contribution in [-0.2, 0) is 12.6 Å². The Balaban J connectivity index is 1.61. The van der Waals surface area contributed by atoms with E-state index in [2.05, 4.69) is 15.8 Å². The molecule has 5 nitrogen and oxygen atoms in total. The average molecular weight is 445 g/mol. The van der Waals surface area contributed by atoms with Gasteiger partial charge in [-0.25, -0.2) is 4.39 Å². The molecule has 1 amide bonds. The molecule has 1 aliphatic rings. The standard InChI is InChI=1S/C23H19F4N3O2/c1-13-20-18(30-29-15-11-9-14(24)10-12-15)7-4-8-19(20)32-21(13)22(31)28-17-6-3-2-5-16(17)23(25,26)27/h2-3,5-6,9-12,29H,4,7-8H2,1H3,(H,28,31)/b30-18+. The van der Waals surface area contributed by atoms with Gasteiger partial charge in [0.1, 0.15) is 11.6 Å². The summed E-state index contributed by atoms with van der Waals surface area (Å²) in [5, 5.41) is 6.71. The highest BCUT2D eigenvalue weighted by molar-refractivity contribution is 6.09. The van der Waals surface area contributed by atoms with Crippen molar-refractivity contribution in [2.75, 3.05) is 10.7 Å². The Labute approximate surface area is 181 Å². The van der Waals surface area contributed by atoms with Crippen molar-refractivity contribution in [1.29, 1.82) is 0 Å². The van der Waals surface area contributed by atoms with Crippen LogP contribution in [-0.4, -0.2) is 11.6 Å². The van der Waals surface area contributed by atoms with E-state index in [-0.39, 0.29) is 17.3 Å².